The van der Waals surface area contributed by atoms with Crippen LogP contribution in [0.1, 0.15) is 38.4 Å². The maximum atomic E-state index is 13.7. The molecule has 140 valence electrons. The van der Waals surface area contributed by atoms with Crippen LogP contribution in [0.5, 0.6) is 0 Å². The highest BCUT2D eigenvalue weighted by atomic mass is 19.1. The zero-order chi connectivity index (χ0) is 19.4. The fourth-order valence-electron chi connectivity index (χ4n) is 2.65. The number of carbonyl (C=O) groups excluding carboxylic acids is 1. The molecule has 3 aromatic rings. The highest BCUT2D eigenvalue weighted by Gasteiger charge is 2.21. The molecule has 0 fully saturated rings. The van der Waals surface area contributed by atoms with E-state index in [9.17, 15) is 9.18 Å². The van der Waals surface area contributed by atoms with Crippen molar-refractivity contribution in [2.45, 2.75) is 39.0 Å². The summed E-state index contributed by atoms with van der Waals surface area (Å²) in [5.74, 6) is 0.684. The molecule has 3 rings (SSSR count). The van der Waals surface area contributed by atoms with Crippen molar-refractivity contribution in [3.8, 4) is 5.82 Å². The van der Waals surface area contributed by atoms with Crippen LogP contribution in [0.2, 0.25) is 0 Å². The van der Waals surface area contributed by atoms with Gasteiger partial charge in [-0.15, -0.1) is 0 Å². The van der Waals surface area contributed by atoms with Crippen LogP contribution in [0.4, 0.5) is 10.2 Å². The molecule has 0 bridgehead atoms. The number of halogens is 1. The van der Waals surface area contributed by atoms with E-state index in [1.807, 2.05) is 24.3 Å². The van der Waals surface area contributed by atoms with Crippen LogP contribution in [-0.4, -0.2) is 20.7 Å². The molecule has 0 aliphatic heterocycles. The second-order valence-electron chi connectivity index (χ2n) is 7.40. The van der Waals surface area contributed by atoms with E-state index in [4.69, 9.17) is 0 Å². The van der Waals surface area contributed by atoms with Gasteiger partial charge < -0.3 is 5.32 Å². The van der Waals surface area contributed by atoms with Crippen molar-refractivity contribution in [1.29, 1.82) is 0 Å². The van der Waals surface area contributed by atoms with Crippen LogP contribution in [0, 0.1) is 5.82 Å². The van der Waals surface area contributed by atoms with Gasteiger partial charge in [0.25, 0.3) is 0 Å². The van der Waals surface area contributed by atoms with Gasteiger partial charge in [0.05, 0.1) is 5.69 Å². The summed E-state index contributed by atoms with van der Waals surface area (Å²) < 4.78 is 15.4. The number of aryl methyl sites for hydroxylation is 1. The molecule has 1 aromatic carbocycles. The fourth-order valence-corrected chi connectivity index (χ4v) is 2.65. The Balaban J connectivity index is 1.80. The van der Waals surface area contributed by atoms with Gasteiger partial charge in [0, 0.05) is 24.1 Å². The first kappa shape index (κ1) is 18.8. The third kappa shape index (κ3) is 4.58. The summed E-state index contributed by atoms with van der Waals surface area (Å²) in [6.07, 6.45) is 2.19. The van der Waals surface area contributed by atoms with E-state index >= 15 is 0 Å². The lowest BCUT2D eigenvalue weighted by Crippen LogP contribution is -2.16. The van der Waals surface area contributed by atoms with Crippen molar-refractivity contribution in [2.24, 2.45) is 0 Å². The molecule has 5 nitrogen and oxygen atoms in total. The lowest BCUT2D eigenvalue weighted by atomic mass is 9.92. The van der Waals surface area contributed by atoms with E-state index < -0.39 is 0 Å². The standard InChI is InChI=1S/C21H23FN4O/c1-21(2,3)17-14-19(26(25-17)18-10-6-7-13-23-18)24-20(27)12-11-15-8-4-5-9-16(15)22/h4-10,13-14H,11-12H2,1-3H3,(H,24,27). The molecule has 1 amide bonds. The number of nitrogens with zero attached hydrogens (tertiary/aromatic N) is 3. The number of amides is 1. The largest absolute Gasteiger partial charge is 0.311 e. The minimum Gasteiger partial charge on any atom is -0.311 e. The molecular weight excluding hydrogens is 343 g/mol. The van der Waals surface area contributed by atoms with Gasteiger partial charge in [-0.2, -0.15) is 9.78 Å². The number of pyridine rings is 1. The monoisotopic (exact) mass is 366 g/mol. The quantitative estimate of drug-likeness (QED) is 0.733. The Hall–Kier alpha value is -3.02. The normalized spacial score (nSPS) is 11.4. The van der Waals surface area contributed by atoms with E-state index in [2.05, 4.69) is 36.2 Å². The first-order valence-corrected chi connectivity index (χ1v) is 8.90. The summed E-state index contributed by atoms with van der Waals surface area (Å²) in [5, 5.41) is 7.51. The van der Waals surface area contributed by atoms with E-state index in [-0.39, 0.29) is 23.6 Å². The molecule has 27 heavy (non-hydrogen) atoms. The van der Waals surface area contributed by atoms with Gasteiger partial charge in [-0.3, -0.25) is 4.79 Å². The molecule has 0 unspecified atom stereocenters. The molecule has 0 saturated heterocycles. The van der Waals surface area contributed by atoms with E-state index in [0.29, 0.717) is 23.6 Å². The minimum absolute atomic E-state index is 0.174. The average molecular weight is 366 g/mol. The SMILES string of the molecule is CC(C)(C)c1cc(NC(=O)CCc2ccccc2F)n(-c2ccccn2)n1. The third-order valence-corrected chi connectivity index (χ3v) is 4.19. The molecular formula is C21H23FN4O. The van der Waals surface area contributed by atoms with Crippen molar-refractivity contribution in [1.82, 2.24) is 14.8 Å². The van der Waals surface area contributed by atoms with Crippen molar-refractivity contribution in [2.75, 3.05) is 5.32 Å². The second kappa shape index (κ2) is 7.70. The molecule has 0 radical (unpaired) electrons. The molecule has 0 spiro atoms. The Morgan fingerprint density at radius 2 is 1.89 bits per heavy atom. The van der Waals surface area contributed by atoms with E-state index in [1.54, 1.807) is 29.1 Å². The van der Waals surface area contributed by atoms with Gasteiger partial charge in [-0.05, 0) is 30.2 Å². The van der Waals surface area contributed by atoms with Crippen LogP contribution in [0.15, 0.2) is 54.7 Å². The topological polar surface area (TPSA) is 59.8 Å². The predicted molar refractivity (Wildman–Crippen MR) is 103 cm³/mol. The smallest absolute Gasteiger partial charge is 0.225 e. The van der Waals surface area contributed by atoms with Crippen LogP contribution >= 0.6 is 0 Å². The maximum Gasteiger partial charge on any atom is 0.225 e. The summed E-state index contributed by atoms with van der Waals surface area (Å²) in [4.78, 5) is 16.8. The summed E-state index contributed by atoms with van der Waals surface area (Å²) in [7, 11) is 0. The zero-order valence-corrected chi connectivity index (χ0v) is 15.7. The number of aromatic nitrogens is 3. The highest BCUT2D eigenvalue weighted by Crippen LogP contribution is 2.26. The number of nitrogens with one attached hydrogen (secondary N) is 1. The van der Waals surface area contributed by atoms with Gasteiger partial charge in [0.2, 0.25) is 5.91 Å². The number of carbonyl (C=O) groups is 1. The van der Waals surface area contributed by atoms with Crippen LogP contribution in [-0.2, 0) is 16.6 Å². The molecule has 2 aromatic heterocycles. The number of rotatable bonds is 5. The van der Waals surface area contributed by atoms with E-state index in [0.717, 1.165) is 5.69 Å². The predicted octanol–water partition coefficient (Wildman–Crippen LogP) is 4.28. The van der Waals surface area contributed by atoms with Gasteiger partial charge in [0.1, 0.15) is 11.6 Å². The summed E-state index contributed by atoms with van der Waals surface area (Å²) >= 11 is 0. The Labute approximate surface area is 158 Å². The Morgan fingerprint density at radius 3 is 2.56 bits per heavy atom. The van der Waals surface area contributed by atoms with Crippen molar-refractivity contribution < 1.29 is 9.18 Å². The van der Waals surface area contributed by atoms with Crippen molar-refractivity contribution >= 4 is 11.7 Å². The second-order valence-corrected chi connectivity index (χ2v) is 7.40. The zero-order valence-electron chi connectivity index (χ0n) is 15.7. The minimum atomic E-state index is -0.293. The molecule has 1 N–H and O–H groups in total. The molecule has 6 heteroatoms. The van der Waals surface area contributed by atoms with Crippen LogP contribution < -0.4 is 5.32 Å². The lowest BCUT2D eigenvalue weighted by Gasteiger charge is -2.13. The molecule has 0 aliphatic rings. The lowest BCUT2D eigenvalue weighted by molar-refractivity contribution is -0.116. The summed E-state index contributed by atoms with van der Waals surface area (Å²) in [5.41, 5.74) is 1.20. The highest BCUT2D eigenvalue weighted by molar-refractivity contribution is 5.90. The first-order valence-electron chi connectivity index (χ1n) is 8.90. The average Bonchev–Trinajstić information content (AvgIpc) is 3.06. The number of hydrogen-bond donors (Lipinski definition) is 1. The molecule has 0 saturated carbocycles. The van der Waals surface area contributed by atoms with Crippen molar-refractivity contribution in [3.63, 3.8) is 0 Å². The van der Waals surface area contributed by atoms with Gasteiger partial charge in [-0.1, -0.05) is 45.0 Å². The van der Waals surface area contributed by atoms with Gasteiger partial charge in [-0.25, -0.2) is 9.37 Å². The van der Waals surface area contributed by atoms with Gasteiger partial charge in [0.15, 0.2) is 5.82 Å². The first-order chi connectivity index (χ1) is 12.8. The molecule has 2 heterocycles. The van der Waals surface area contributed by atoms with Gasteiger partial charge >= 0.3 is 0 Å². The number of hydrogen-bond acceptors (Lipinski definition) is 3. The Kier molecular flexibility index (Phi) is 5.35. The van der Waals surface area contributed by atoms with Crippen LogP contribution in [0.25, 0.3) is 5.82 Å². The van der Waals surface area contributed by atoms with E-state index in [1.165, 1.54) is 6.07 Å². The number of anilines is 1. The summed E-state index contributed by atoms with van der Waals surface area (Å²) in [6.45, 7) is 6.17. The summed E-state index contributed by atoms with van der Waals surface area (Å²) in [6, 6.07) is 13.9. The maximum absolute atomic E-state index is 13.7. The van der Waals surface area contributed by atoms with Crippen molar-refractivity contribution in [3.05, 3.63) is 71.8 Å². The number of benzene rings is 1. The molecule has 0 atom stereocenters. The Bertz CT molecular complexity index is 929. The van der Waals surface area contributed by atoms with Crippen LogP contribution in [0.3, 0.4) is 0 Å². The fraction of sp³-hybridized carbons (Fsp3) is 0.286. The third-order valence-electron chi connectivity index (χ3n) is 4.19. The Morgan fingerprint density at radius 1 is 1.15 bits per heavy atom. The molecule has 0 aliphatic carbocycles.